The van der Waals surface area contributed by atoms with Crippen LogP contribution >= 0.6 is 11.6 Å². The Morgan fingerprint density at radius 1 is 1.30 bits per heavy atom. The molecule has 0 aliphatic rings. The molecular formula is C8H9ClN. The van der Waals surface area contributed by atoms with Gasteiger partial charge in [-0.1, -0.05) is 11.6 Å². The van der Waals surface area contributed by atoms with Gasteiger partial charge in [0, 0.05) is 17.3 Å². The van der Waals surface area contributed by atoms with Crippen molar-refractivity contribution in [3.63, 3.8) is 0 Å². The number of anilines is 1. The molecule has 1 radical (unpaired) electrons. The van der Waals surface area contributed by atoms with Crippen molar-refractivity contribution in [1.82, 2.24) is 0 Å². The van der Waals surface area contributed by atoms with E-state index in [1.807, 2.05) is 37.7 Å². The van der Waals surface area contributed by atoms with Gasteiger partial charge in [-0.3, -0.25) is 0 Å². The van der Waals surface area contributed by atoms with E-state index in [1.54, 1.807) is 0 Å². The first-order valence-corrected chi connectivity index (χ1v) is 3.50. The van der Waals surface area contributed by atoms with E-state index in [1.165, 1.54) is 0 Å². The van der Waals surface area contributed by atoms with Gasteiger partial charge in [-0.25, -0.2) is 0 Å². The van der Waals surface area contributed by atoms with Gasteiger partial charge in [0.25, 0.3) is 0 Å². The van der Waals surface area contributed by atoms with Crippen LogP contribution in [0, 0.1) is 6.54 Å². The average Bonchev–Trinajstić information content (AvgIpc) is 1.95. The van der Waals surface area contributed by atoms with Gasteiger partial charge >= 0.3 is 0 Å². The predicted octanol–water partition coefficient (Wildman–Crippen LogP) is 2.93. The standard InChI is InChI=1S/C8H9ClN/c1-2-10-8-5-3-7(9)4-6-8/h2-6,10H,1H3. The minimum atomic E-state index is 0.765. The molecule has 10 heavy (non-hydrogen) atoms. The normalized spacial score (nSPS) is 9.40. The lowest BCUT2D eigenvalue weighted by atomic mass is 10.3. The molecule has 0 bridgehead atoms. The Hall–Kier alpha value is -0.690. The maximum Gasteiger partial charge on any atom is 0.0431 e. The second-order valence-electron chi connectivity index (χ2n) is 1.94. The first kappa shape index (κ1) is 7.42. The molecule has 53 valence electrons. The summed E-state index contributed by atoms with van der Waals surface area (Å²) in [4.78, 5) is 0. The van der Waals surface area contributed by atoms with Crippen molar-refractivity contribution in [2.45, 2.75) is 6.92 Å². The van der Waals surface area contributed by atoms with E-state index in [4.69, 9.17) is 11.6 Å². The topological polar surface area (TPSA) is 12.0 Å². The Balaban J connectivity index is 2.69. The van der Waals surface area contributed by atoms with Crippen LogP contribution in [0.5, 0.6) is 0 Å². The van der Waals surface area contributed by atoms with Gasteiger partial charge in [-0.15, -0.1) is 0 Å². The van der Waals surface area contributed by atoms with E-state index in [0.29, 0.717) is 0 Å². The number of rotatable bonds is 2. The highest BCUT2D eigenvalue weighted by atomic mass is 35.5. The Morgan fingerprint density at radius 2 is 1.90 bits per heavy atom. The summed E-state index contributed by atoms with van der Waals surface area (Å²) in [6.07, 6.45) is 0. The van der Waals surface area contributed by atoms with Crippen molar-refractivity contribution in [2.24, 2.45) is 0 Å². The molecule has 0 atom stereocenters. The summed E-state index contributed by atoms with van der Waals surface area (Å²) in [5.41, 5.74) is 1.06. The summed E-state index contributed by atoms with van der Waals surface area (Å²) in [5, 5.41) is 3.82. The van der Waals surface area contributed by atoms with E-state index < -0.39 is 0 Å². The molecule has 0 unspecified atom stereocenters. The smallest absolute Gasteiger partial charge is 0.0431 e. The van der Waals surface area contributed by atoms with E-state index >= 15 is 0 Å². The second kappa shape index (κ2) is 3.47. The molecular weight excluding hydrogens is 146 g/mol. The van der Waals surface area contributed by atoms with Crippen LogP contribution in [0.4, 0.5) is 5.69 Å². The van der Waals surface area contributed by atoms with Crippen molar-refractivity contribution in [3.8, 4) is 0 Å². The average molecular weight is 155 g/mol. The number of hydrogen-bond donors (Lipinski definition) is 1. The SMILES string of the molecule is C[CH]Nc1ccc(Cl)cc1. The van der Waals surface area contributed by atoms with Crippen LogP contribution in [0.2, 0.25) is 5.02 Å². The maximum absolute atomic E-state index is 5.67. The van der Waals surface area contributed by atoms with Gasteiger partial charge in [0.1, 0.15) is 0 Å². The van der Waals surface area contributed by atoms with Crippen LogP contribution in [0.25, 0.3) is 0 Å². The third kappa shape index (κ3) is 1.92. The van der Waals surface area contributed by atoms with Gasteiger partial charge in [0.05, 0.1) is 0 Å². The third-order valence-corrected chi connectivity index (χ3v) is 1.41. The third-order valence-electron chi connectivity index (χ3n) is 1.16. The van der Waals surface area contributed by atoms with Gasteiger partial charge in [0.15, 0.2) is 0 Å². The van der Waals surface area contributed by atoms with E-state index in [-0.39, 0.29) is 0 Å². The fraction of sp³-hybridized carbons (Fsp3) is 0.125. The van der Waals surface area contributed by atoms with Gasteiger partial charge in [0.2, 0.25) is 0 Å². The number of benzene rings is 1. The van der Waals surface area contributed by atoms with Crippen LogP contribution in [0.3, 0.4) is 0 Å². The molecule has 1 nitrogen and oxygen atoms in total. The van der Waals surface area contributed by atoms with Crippen molar-refractivity contribution in [3.05, 3.63) is 35.8 Å². The number of halogens is 1. The largest absolute Gasteiger partial charge is 0.381 e. The predicted molar refractivity (Wildman–Crippen MR) is 45.0 cm³/mol. The summed E-state index contributed by atoms with van der Waals surface area (Å²) >= 11 is 5.67. The quantitative estimate of drug-likeness (QED) is 0.691. The zero-order valence-corrected chi connectivity index (χ0v) is 6.52. The fourth-order valence-corrected chi connectivity index (χ4v) is 0.839. The molecule has 1 aromatic rings. The molecule has 0 amide bonds. The first-order valence-electron chi connectivity index (χ1n) is 3.13. The zero-order chi connectivity index (χ0) is 7.40. The molecule has 2 heteroatoms. The van der Waals surface area contributed by atoms with Crippen molar-refractivity contribution < 1.29 is 0 Å². The fourth-order valence-electron chi connectivity index (χ4n) is 0.713. The summed E-state index contributed by atoms with van der Waals surface area (Å²) in [6, 6.07) is 7.57. The highest BCUT2D eigenvalue weighted by Crippen LogP contribution is 2.13. The first-order chi connectivity index (χ1) is 4.83. The number of nitrogens with one attached hydrogen (secondary N) is 1. The van der Waals surface area contributed by atoms with E-state index in [9.17, 15) is 0 Å². The second-order valence-corrected chi connectivity index (χ2v) is 2.38. The molecule has 0 aliphatic heterocycles. The zero-order valence-electron chi connectivity index (χ0n) is 5.76. The highest BCUT2D eigenvalue weighted by molar-refractivity contribution is 6.30. The molecule has 0 spiro atoms. The van der Waals surface area contributed by atoms with Crippen LogP contribution in [-0.4, -0.2) is 0 Å². The Bertz CT molecular complexity index is 193. The molecule has 0 aliphatic carbocycles. The van der Waals surface area contributed by atoms with Gasteiger partial charge in [-0.05, 0) is 31.2 Å². The molecule has 1 aromatic carbocycles. The Labute approximate surface area is 66.0 Å². The molecule has 0 fully saturated rings. The van der Waals surface area contributed by atoms with E-state index in [2.05, 4.69) is 5.32 Å². The minimum absolute atomic E-state index is 0.765. The Morgan fingerprint density at radius 3 is 2.40 bits per heavy atom. The monoisotopic (exact) mass is 154 g/mol. The Kier molecular flexibility index (Phi) is 2.57. The molecule has 0 saturated heterocycles. The lowest BCUT2D eigenvalue weighted by Gasteiger charge is -2.00. The molecule has 0 saturated carbocycles. The van der Waals surface area contributed by atoms with Crippen molar-refractivity contribution in [2.75, 3.05) is 5.32 Å². The summed E-state index contributed by atoms with van der Waals surface area (Å²) in [7, 11) is 0. The molecule has 0 aromatic heterocycles. The van der Waals surface area contributed by atoms with Crippen LogP contribution in [0.1, 0.15) is 6.92 Å². The lowest BCUT2D eigenvalue weighted by molar-refractivity contribution is 1.39. The molecule has 1 rings (SSSR count). The molecule has 0 heterocycles. The minimum Gasteiger partial charge on any atom is -0.381 e. The van der Waals surface area contributed by atoms with Crippen LogP contribution in [0.15, 0.2) is 24.3 Å². The van der Waals surface area contributed by atoms with Gasteiger partial charge < -0.3 is 5.32 Å². The lowest BCUT2D eigenvalue weighted by Crippen LogP contribution is -1.88. The van der Waals surface area contributed by atoms with E-state index in [0.717, 1.165) is 10.7 Å². The van der Waals surface area contributed by atoms with Gasteiger partial charge in [-0.2, -0.15) is 0 Å². The summed E-state index contributed by atoms with van der Waals surface area (Å²) < 4.78 is 0. The maximum atomic E-state index is 5.67. The van der Waals surface area contributed by atoms with Crippen LogP contribution in [-0.2, 0) is 0 Å². The van der Waals surface area contributed by atoms with Crippen molar-refractivity contribution in [1.29, 1.82) is 0 Å². The summed E-state index contributed by atoms with van der Waals surface area (Å²) in [5.74, 6) is 0. The highest BCUT2D eigenvalue weighted by Gasteiger charge is 1.87. The van der Waals surface area contributed by atoms with Crippen molar-refractivity contribution >= 4 is 17.3 Å². The summed E-state index contributed by atoms with van der Waals surface area (Å²) in [6.45, 7) is 3.82. The molecule has 1 N–H and O–H groups in total. The number of hydrogen-bond acceptors (Lipinski definition) is 1. The van der Waals surface area contributed by atoms with Crippen LogP contribution < -0.4 is 5.32 Å².